The van der Waals surface area contributed by atoms with Crippen molar-refractivity contribution in [3.8, 4) is 6.19 Å². The van der Waals surface area contributed by atoms with E-state index in [-0.39, 0.29) is 11.4 Å². The molecule has 0 aliphatic carbocycles. The molecule has 0 heterocycles. The minimum absolute atomic E-state index is 0.0758. The van der Waals surface area contributed by atoms with Gasteiger partial charge in [-0.2, -0.15) is 5.26 Å². The van der Waals surface area contributed by atoms with E-state index in [1.165, 1.54) is 24.6 Å². The van der Waals surface area contributed by atoms with Crippen molar-refractivity contribution < 1.29 is 8.60 Å². The van der Waals surface area contributed by atoms with Crippen molar-refractivity contribution in [1.29, 1.82) is 5.26 Å². The van der Waals surface area contributed by atoms with E-state index < -0.39 is 15.5 Å². The average molecular weight is 227 g/mol. The molecule has 1 atom stereocenters. The van der Waals surface area contributed by atoms with Gasteiger partial charge in [0.1, 0.15) is 5.82 Å². The molecule has 15 heavy (non-hydrogen) atoms. The van der Waals surface area contributed by atoms with Gasteiger partial charge in [-0.3, -0.25) is 0 Å². The summed E-state index contributed by atoms with van der Waals surface area (Å²) in [4.78, 5) is 0.193. The largest absolute Gasteiger partial charge is 0.326 e. The van der Waals surface area contributed by atoms with Crippen LogP contribution in [0.5, 0.6) is 0 Å². The van der Waals surface area contributed by atoms with Crippen molar-refractivity contribution in [1.82, 2.24) is 0 Å². The van der Waals surface area contributed by atoms with Crippen LogP contribution < -0.4 is 5.73 Å². The quantitative estimate of drug-likeness (QED) is 0.771. The molecule has 0 spiro atoms. The monoisotopic (exact) mass is 227 g/mol. The van der Waals surface area contributed by atoms with E-state index in [4.69, 9.17) is 11.0 Å². The molecule has 2 N–H and O–H groups in total. The lowest BCUT2D eigenvalue weighted by atomic mass is 10.2. The van der Waals surface area contributed by atoms with Crippen LogP contribution in [0.25, 0.3) is 0 Å². The van der Waals surface area contributed by atoms with Gasteiger partial charge in [0.05, 0.1) is 14.6 Å². The lowest BCUT2D eigenvalue weighted by molar-refractivity contribution is 0.605. The van der Waals surface area contributed by atoms with Crippen LogP contribution >= 0.6 is 0 Å². The third-order valence-electron chi connectivity index (χ3n) is 1.90. The number of nitrogens with two attached hydrogens (primary N) is 1. The molecular formula is C9H10FN3OS. The van der Waals surface area contributed by atoms with Gasteiger partial charge >= 0.3 is 0 Å². The summed E-state index contributed by atoms with van der Waals surface area (Å²) in [5.74, 6) is -0.530. The second-order valence-electron chi connectivity index (χ2n) is 2.95. The maximum absolute atomic E-state index is 13.3. The summed E-state index contributed by atoms with van der Waals surface area (Å²) >= 11 is 0. The summed E-state index contributed by atoms with van der Waals surface area (Å²) in [5.41, 5.74) is 5.62. The standard InChI is InChI=1S/C9H10FN3OS/c1-15(14,13-6-12)8-3-2-7(5-11)9(10)4-8/h2-4H,5,11H2,1H3. The zero-order valence-corrected chi connectivity index (χ0v) is 8.92. The van der Waals surface area contributed by atoms with Crippen LogP contribution in [0.4, 0.5) is 4.39 Å². The second-order valence-corrected chi connectivity index (χ2v) is 5.21. The van der Waals surface area contributed by atoms with Crippen molar-refractivity contribution >= 4 is 9.73 Å². The van der Waals surface area contributed by atoms with E-state index in [9.17, 15) is 8.60 Å². The maximum atomic E-state index is 13.3. The number of hydrogen-bond acceptors (Lipinski definition) is 4. The van der Waals surface area contributed by atoms with Gasteiger partial charge in [0.2, 0.25) is 6.19 Å². The molecule has 0 saturated heterocycles. The summed E-state index contributed by atoms with van der Waals surface area (Å²) in [7, 11) is -2.82. The topological polar surface area (TPSA) is 79.2 Å². The number of halogens is 1. The van der Waals surface area contributed by atoms with Crippen LogP contribution in [0.1, 0.15) is 5.56 Å². The fourth-order valence-electron chi connectivity index (χ4n) is 1.06. The molecule has 0 fully saturated rings. The van der Waals surface area contributed by atoms with Gasteiger partial charge < -0.3 is 5.73 Å². The molecule has 0 saturated carbocycles. The lowest BCUT2D eigenvalue weighted by Gasteiger charge is -2.04. The van der Waals surface area contributed by atoms with E-state index in [1.54, 1.807) is 0 Å². The molecular weight excluding hydrogens is 217 g/mol. The Kier molecular flexibility index (Phi) is 3.39. The van der Waals surface area contributed by atoms with Gasteiger partial charge in [-0.15, -0.1) is 4.36 Å². The van der Waals surface area contributed by atoms with E-state index >= 15 is 0 Å². The van der Waals surface area contributed by atoms with Crippen LogP contribution in [0.15, 0.2) is 27.5 Å². The van der Waals surface area contributed by atoms with Crippen molar-refractivity contribution in [2.75, 3.05) is 6.26 Å². The van der Waals surface area contributed by atoms with Crippen molar-refractivity contribution in [3.63, 3.8) is 0 Å². The van der Waals surface area contributed by atoms with Gasteiger partial charge in [0, 0.05) is 18.4 Å². The smallest absolute Gasteiger partial charge is 0.214 e. The molecule has 1 rings (SSSR count). The second kappa shape index (κ2) is 4.38. The Morgan fingerprint density at radius 1 is 1.67 bits per heavy atom. The minimum Gasteiger partial charge on any atom is -0.326 e. The molecule has 1 unspecified atom stereocenters. The Morgan fingerprint density at radius 2 is 2.33 bits per heavy atom. The van der Waals surface area contributed by atoms with Crippen LogP contribution in [0.2, 0.25) is 0 Å². The van der Waals surface area contributed by atoms with Crippen LogP contribution in [-0.2, 0) is 16.3 Å². The summed E-state index contributed by atoms with van der Waals surface area (Å²) < 4.78 is 28.3. The third kappa shape index (κ3) is 2.52. The van der Waals surface area contributed by atoms with Gasteiger partial charge in [0.15, 0.2) is 0 Å². The van der Waals surface area contributed by atoms with Crippen LogP contribution in [0, 0.1) is 17.3 Å². The molecule has 80 valence electrons. The number of benzene rings is 1. The lowest BCUT2D eigenvalue weighted by Crippen LogP contribution is -2.03. The first-order valence-corrected chi connectivity index (χ1v) is 6.02. The van der Waals surface area contributed by atoms with E-state index in [0.29, 0.717) is 5.56 Å². The molecule has 0 amide bonds. The molecule has 4 nitrogen and oxygen atoms in total. The van der Waals surface area contributed by atoms with Gasteiger partial charge in [-0.05, 0) is 12.1 Å². The van der Waals surface area contributed by atoms with E-state index in [1.807, 2.05) is 0 Å². The van der Waals surface area contributed by atoms with E-state index in [0.717, 1.165) is 6.07 Å². The number of rotatable bonds is 2. The first-order chi connectivity index (χ1) is 7.01. The Hall–Kier alpha value is -1.45. The third-order valence-corrected chi connectivity index (χ3v) is 3.46. The molecule has 1 aromatic rings. The fourth-order valence-corrected chi connectivity index (χ4v) is 1.96. The Balaban J connectivity index is 3.33. The highest BCUT2D eigenvalue weighted by Gasteiger charge is 2.09. The molecule has 0 bridgehead atoms. The van der Waals surface area contributed by atoms with Crippen molar-refractivity contribution in [3.05, 3.63) is 29.6 Å². The Bertz CT molecular complexity index is 527. The minimum atomic E-state index is -2.82. The van der Waals surface area contributed by atoms with Crippen molar-refractivity contribution in [2.24, 2.45) is 10.1 Å². The summed E-state index contributed by atoms with van der Waals surface area (Å²) in [6, 6.07) is 4.01. The molecule has 0 radical (unpaired) electrons. The Labute approximate surface area is 87.7 Å². The predicted molar refractivity (Wildman–Crippen MR) is 54.7 cm³/mol. The van der Waals surface area contributed by atoms with E-state index in [2.05, 4.69) is 4.36 Å². The highest BCUT2D eigenvalue weighted by Crippen LogP contribution is 2.16. The fraction of sp³-hybridized carbons (Fsp3) is 0.222. The van der Waals surface area contributed by atoms with Crippen molar-refractivity contribution in [2.45, 2.75) is 11.4 Å². The Morgan fingerprint density at radius 3 is 2.80 bits per heavy atom. The predicted octanol–water partition coefficient (Wildman–Crippen LogP) is 1.22. The number of hydrogen-bond donors (Lipinski definition) is 1. The molecule has 0 aliphatic heterocycles. The highest BCUT2D eigenvalue weighted by atomic mass is 32.2. The van der Waals surface area contributed by atoms with Crippen LogP contribution in [-0.4, -0.2) is 10.5 Å². The van der Waals surface area contributed by atoms with Gasteiger partial charge in [0.25, 0.3) is 0 Å². The SMILES string of the molecule is CS(=O)(=NC#N)c1ccc(CN)c(F)c1. The van der Waals surface area contributed by atoms with Gasteiger partial charge in [-0.25, -0.2) is 8.60 Å². The molecule has 6 heteroatoms. The molecule has 0 aliphatic rings. The summed E-state index contributed by atoms with van der Waals surface area (Å²) in [5, 5.41) is 8.32. The van der Waals surface area contributed by atoms with Gasteiger partial charge in [-0.1, -0.05) is 6.07 Å². The zero-order chi connectivity index (χ0) is 11.5. The number of nitrogens with zero attached hydrogens (tertiary/aromatic N) is 2. The zero-order valence-electron chi connectivity index (χ0n) is 8.11. The first-order valence-electron chi connectivity index (χ1n) is 4.10. The first kappa shape index (κ1) is 11.6. The number of nitriles is 1. The molecule has 1 aromatic carbocycles. The maximum Gasteiger partial charge on any atom is 0.214 e. The highest BCUT2D eigenvalue weighted by molar-refractivity contribution is 7.93. The average Bonchev–Trinajstić information content (AvgIpc) is 2.17. The summed E-state index contributed by atoms with van der Waals surface area (Å²) in [6.45, 7) is 0.0758. The van der Waals surface area contributed by atoms with Crippen LogP contribution in [0.3, 0.4) is 0 Å². The molecule has 0 aromatic heterocycles. The normalized spacial score (nSPS) is 14.0. The summed E-state index contributed by atoms with van der Waals surface area (Å²) in [6.07, 6.45) is 2.74.